The Balaban J connectivity index is 0.765. The zero-order valence-electron chi connectivity index (χ0n) is 53.8. The van der Waals surface area contributed by atoms with Crippen LogP contribution in [0.2, 0.25) is 0 Å². The van der Waals surface area contributed by atoms with Crippen molar-refractivity contribution in [2.75, 3.05) is 9.80 Å². The Morgan fingerprint density at radius 1 is 0.272 bits per heavy atom. The van der Waals surface area contributed by atoms with Crippen molar-refractivity contribution < 1.29 is 8.83 Å². The molecule has 0 saturated heterocycles. The van der Waals surface area contributed by atoms with Gasteiger partial charge in [0, 0.05) is 101 Å². The summed E-state index contributed by atoms with van der Waals surface area (Å²) in [5, 5.41) is 11.4. The number of benzene rings is 12. The Kier molecular flexibility index (Phi) is 14.1. The molecule has 16 rings (SSSR count). The second-order valence-corrected chi connectivity index (χ2v) is 26.0. The van der Waals surface area contributed by atoms with E-state index in [1.54, 1.807) is 0 Å². The molecule has 0 bridgehead atoms. The first-order chi connectivity index (χ1) is 45.0. The smallest absolute Gasteiger partial charge is 0.137 e. The molecule has 12 aromatic carbocycles. The molecule has 6 nitrogen and oxygen atoms in total. The topological polar surface area (TPSA) is 42.6 Å². The fraction of sp³-hybridized carbons (Fsp3) is 0.186. The van der Waals surface area contributed by atoms with Crippen LogP contribution in [-0.2, 0) is 0 Å². The van der Waals surface area contributed by atoms with Gasteiger partial charge >= 0.3 is 0 Å². The maximum absolute atomic E-state index is 6.93. The lowest BCUT2D eigenvalue weighted by Gasteiger charge is -2.25. The molecule has 452 valence electrons. The van der Waals surface area contributed by atoms with E-state index < -0.39 is 0 Å². The van der Waals surface area contributed by atoms with Crippen molar-refractivity contribution in [2.45, 2.75) is 105 Å². The van der Waals surface area contributed by atoms with Crippen LogP contribution < -0.4 is 9.80 Å². The minimum absolute atomic E-state index is 0.465. The van der Waals surface area contributed by atoms with Gasteiger partial charge in [-0.3, -0.25) is 0 Å². The highest BCUT2D eigenvalue weighted by molar-refractivity contribution is 6.17. The molecular weight excluding hydrogens is 1120 g/mol. The van der Waals surface area contributed by atoms with Crippen molar-refractivity contribution in [1.82, 2.24) is 9.13 Å². The molecule has 6 heteroatoms. The van der Waals surface area contributed by atoms with Crippen molar-refractivity contribution in [3.8, 4) is 11.4 Å². The van der Waals surface area contributed by atoms with Gasteiger partial charge in [0.25, 0.3) is 0 Å². The second kappa shape index (κ2) is 22.9. The zero-order chi connectivity index (χ0) is 62.5. The Bertz CT molecular complexity index is 5110. The number of fused-ring (bicyclic) bond motifs is 13. The SMILES string of the molecule is CCC(C)c1cc(C(C)CC)cc(-n2c3ccccc3c3cc(N(c4ccccc4)c4ccc5c(c4)oc4cc6cc7c(cc6cc45)oc4cc(N(c5ccccc5)c5ccc6c(c5)c5ccccc5n6-c5cc(C(C)CC)cc(C(C)CC)c5)ccc47)ccc32)c1. The minimum Gasteiger partial charge on any atom is -0.456 e. The standard InChI is InChI=1S/C86H76N4O2/c1-9-53(5)57-39-58(54(6)10-2)42-69(41-57)89-79-29-21-19-27-71(79)75-49-65(33-37-81(75)89)87(63-23-15-13-16-24-63)67-31-35-73-77-45-61-48-84-78(46-62(61)47-83(77)91-85(73)51-67)74-36-32-68(52-86(74)92-84)88(64-25-17-14-18-26-64)66-34-38-82-76(50-66)72-28-20-22-30-80(72)90(82)70-43-59(55(7)11-3)40-60(44-70)56(8)12-4/h13-56H,9-12H2,1-8H3. The Labute approximate surface area is 538 Å². The molecule has 16 aromatic rings. The molecule has 92 heavy (non-hydrogen) atoms. The fourth-order valence-electron chi connectivity index (χ4n) is 14.5. The Morgan fingerprint density at radius 2 is 0.598 bits per heavy atom. The molecule has 0 radical (unpaired) electrons. The van der Waals surface area contributed by atoms with Crippen molar-refractivity contribution >= 4 is 132 Å². The summed E-state index contributed by atoms with van der Waals surface area (Å²) in [7, 11) is 0. The molecule has 0 spiro atoms. The number of hydrogen-bond acceptors (Lipinski definition) is 4. The molecule has 0 aliphatic rings. The molecule has 4 unspecified atom stereocenters. The minimum atomic E-state index is 0.465. The fourth-order valence-corrected chi connectivity index (χ4v) is 14.5. The lowest BCUT2D eigenvalue weighted by Crippen LogP contribution is -2.09. The molecule has 0 N–H and O–H groups in total. The average Bonchev–Trinajstić information content (AvgIpc) is 1.61. The van der Waals surface area contributed by atoms with Crippen molar-refractivity contribution in [1.29, 1.82) is 0 Å². The number of nitrogens with zero attached hydrogens (tertiary/aromatic N) is 4. The van der Waals surface area contributed by atoms with Gasteiger partial charge in [-0.25, -0.2) is 0 Å². The van der Waals surface area contributed by atoms with Crippen LogP contribution in [0, 0.1) is 0 Å². The van der Waals surface area contributed by atoms with Crippen LogP contribution >= 0.6 is 0 Å². The maximum Gasteiger partial charge on any atom is 0.137 e. The van der Waals surface area contributed by atoms with E-state index in [1.165, 1.54) is 77.2 Å². The van der Waals surface area contributed by atoms with E-state index in [0.717, 1.165) is 114 Å². The summed E-state index contributed by atoms with van der Waals surface area (Å²) >= 11 is 0. The van der Waals surface area contributed by atoms with Gasteiger partial charge in [-0.1, -0.05) is 140 Å². The summed E-state index contributed by atoms with van der Waals surface area (Å²) in [5.41, 5.74) is 22.6. The molecule has 4 aromatic heterocycles. The highest BCUT2D eigenvalue weighted by atomic mass is 16.3. The van der Waals surface area contributed by atoms with E-state index in [4.69, 9.17) is 8.83 Å². The van der Waals surface area contributed by atoms with Crippen molar-refractivity contribution in [3.05, 3.63) is 265 Å². The summed E-state index contributed by atoms with van der Waals surface area (Å²) in [6.07, 6.45) is 4.39. The lowest BCUT2D eigenvalue weighted by atomic mass is 9.91. The third-order valence-corrected chi connectivity index (χ3v) is 20.5. The summed E-state index contributed by atoms with van der Waals surface area (Å²) < 4.78 is 18.8. The normalized spacial score (nSPS) is 13.4. The third kappa shape index (κ3) is 9.52. The van der Waals surface area contributed by atoms with Crippen LogP contribution in [0.5, 0.6) is 0 Å². The highest BCUT2D eigenvalue weighted by Crippen LogP contribution is 2.46. The molecular formula is C86H76N4O2. The lowest BCUT2D eigenvalue weighted by molar-refractivity contribution is 0.668. The summed E-state index contributed by atoms with van der Waals surface area (Å²) in [5.74, 6) is 1.86. The van der Waals surface area contributed by atoms with E-state index in [0.29, 0.717) is 23.7 Å². The van der Waals surface area contributed by atoms with E-state index in [9.17, 15) is 0 Å². The van der Waals surface area contributed by atoms with Gasteiger partial charge in [0.1, 0.15) is 22.3 Å². The predicted octanol–water partition coefficient (Wildman–Crippen LogP) is 25.8. The molecule has 4 heterocycles. The van der Waals surface area contributed by atoms with Crippen LogP contribution in [0.1, 0.15) is 127 Å². The molecule has 0 aliphatic heterocycles. The van der Waals surface area contributed by atoms with Gasteiger partial charge < -0.3 is 27.8 Å². The van der Waals surface area contributed by atoms with Crippen molar-refractivity contribution in [2.24, 2.45) is 0 Å². The first-order valence-electron chi connectivity index (χ1n) is 33.4. The number of para-hydroxylation sites is 4. The van der Waals surface area contributed by atoms with Gasteiger partial charge in [-0.2, -0.15) is 0 Å². The molecule has 0 amide bonds. The zero-order valence-corrected chi connectivity index (χ0v) is 53.8. The van der Waals surface area contributed by atoms with Crippen LogP contribution in [0.15, 0.2) is 251 Å². The first-order valence-corrected chi connectivity index (χ1v) is 33.4. The molecule has 4 atom stereocenters. The molecule has 0 saturated carbocycles. The predicted molar refractivity (Wildman–Crippen MR) is 391 cm³/mol. The first kappa shape index (κ1) is 56.9. The quantitative estimate of drug-likeness (QED) is 0.0967. The summed E-state index contributed by atoms with van der Waals surface area (Å²) in [6, 6.07) is 90.0. The Morgan fingerprint density at radius 3 is 0.978 bits per heavy atom. The van der Waals surface area contributed by atoms with Gasteiger partial charge in [0.2, 0.25) is 0 Å². The monoisotopic (exact) mass is 1200 g/mol. The summed E-state index contributed by atoms with van der Waals surface area (Å²) in [6.45, 7) is 18.6. The van der Waals surface area contributed by atoms with Crippen LogP contribution in [-0.4, -0.2) is 9.13 Å². The molecule has 0 fully saturated rings. The number of furan rings is 2. The third-order valence-electron chi connectivity index (χ3n) is 20.5. The van der Waals surface area contributed by atoms with E-state index >= 15 is 0 Å². The number of hydrogen-bond donors (Lipinski definition) is 0. The van der Waals surface area contributed by atoms with Crippen LogP contribution in [0.4, 0.5) is 34.1 Å². The average molecular weight is 1200 g/mol. The van der Waals surface area contributed by atoms with E-state index in [2.05, 4.69) is 317 Å². The van der Waals surface area contributed by atoms with E-state index in [-0.39, 0.29) is 0 Å². The summed E-state index contributed by atoms with van der Waals surface area (Å²) in [4.78, 5) is 4.72. The number of rotatable bonds is 16. The largest absolute Gasteiger partial charge is 0.456 e. The van der Waals surface area contributed by atoms with Crippen LogP contribution in [0.25, 0.3) is 110 Å². The van der Waals surface area contributed by atoms with Gasteiger partial charge in [-0.15, -0.1) is 0 Å². The van der Waals surface area contributed by atoms with Gasteiger partial charge in [0.15, 0.2) is 0 Å². The van der Waals surface area contributed by atoms with E-state index in [1.807, 2.05) is 0 Å². The van der Waals surface area contributed by atoms with Gasteiger partial charge in [-0.05, 0) is 228 Å². The number of anilines is 6. The molecule has 0 aliphatic carbocycles. The van der Waals surface area contributed by atoms with Crippen molar-refractivity contribution in [3.63, 3.8) is 0 Å². The van der Waals surface area contributed by atoms with Crippen LogP contribution in [0.3, 0.4) is 0 Å². The highest BCUT2D eigenvalue weighted by Gasteiger charge is 2.24. The maximum atomic E-state index is 6.93. The van der Waals surface area contributed by atoms with Gasteiger partial charge in [0.05, 0.1) is 22.1 Å². The Hall–Kier alpha value is -10.3. The number of aromatic nitrogens is 2. The second-order valence-electron chi connectivity index (χ2n) is 26.0.